The summed E-state index contributed by atoms with van der Waals surface area (Å²) in [7, 11) is -2.35. The zero-order valence-electron chi connectivity index (χ0n) is 12.4. The van der Waals surface area contributed by atoms with Crippen LogP contribution in [0.25, 0.3) is 5.65 Å². The van der Waals surface area contributed by atoms with Crippen molar-refractivity contribution in [1.29, 1.82) is 0 Å². The molecule has 2 aromatic heterocycles. The smallest absolute Gasteiger partial charge is 0.283 e. The van der Waals surface area contributed by atoms with Crippen molar-refractivity contribution in [3.63, 3.8) is 0 Å². The standard InChI is InChI=1S/C15H13BrClN3O2S/c1-10-9-11(6-7-12(10)16)19(2)23(21,22)15-14(17)18-13-5-3-4-8-20(13)15/h3-9H,1-2H3. The number of rotatable bonds is 3. The summed E-state index contributed by atoms with van der Waals surface area (Å²) in [6.45, 7) is 1.90. The van der Waals surface area contributed by atoms with Gasteiger partial charge in [0.2, 0.25) is 0 Å². The Bertz CT molecular complexity index is 1000. The van der Waals surface area contributed by atoms with Crippen molar-refractivity contribution in [3.05, 3.63) is 57.8 Å². The van der Waals surface area contributed by atoms with E-state index in [1.54, 1.807) is 36.5 Å². The number of halogens is 2. The third-order valence-corrected chi connectivity index (χ3v) is 6.63. The Morgan fingerprint density at radius 2 is 2.00 bits per heavy atom. The van der Waals surface area contributed by atoms with E-state index in [4.69, 9.17) is 11.6 Å². The lowest BCUT2D eigenvalue weighted by atomic mass is 10.2. The maximum Gasteiger partial charge on any atom is 0.283 e. The van der Waals surface area contributed by atoms with E-state index in [1.165, 1.54) is 15.8 Å². The van der Waals surface area contributed by atoms with Crippen LogP contribution in [-0.4, -0.2) is 24.9 Å². The van der Waals surface area contributed by atoms with Crippen LogP contribution in [0.15, 0.2) is 52.1 Å². The summed E-state index contributed by atoms with van der Waals surface area (Å²) >= 11 is 9.50. The zero-order chi connectivity index (χ0) is 16.8. The van der Waals surface area contributed by atoms with Crippen LogP contribution in [0.1, 0.15) is 5.56 Å². The second-order valence-electron chi connectivity index (χ2n) is 5.04. The highest BCUT2D eigenvalue weighted by atomic mass is 79.9. The van der Waals surface area contributed by atoms with Gasteiger partial charge in [-0.25, -0.2) is 4.98 Å². The fourth-order valence-corrected chi connectivity index (χ4v) is 4.30. The molecule has 0 radical (unpaired) electrons. The molecule has 0 aliphatic carbocycles. The van der Waals surface area contributed by atoms with E-state index in [0.29, 0.717) is 11.3 Å². The van der Waals surface area contributed by atoms with E-state index < -0.39 is 10.0 Å². The van der Waals surface area contributed by atoms with Crippen molar-refractivity contribution < 1.29 is 8.42 Å². The van der Waals surface area contributed by atoms with Gasteiger partial charge < -0.3 is 0 Å². The highest BCUT2D eigenvalue weighted by Crippen LogP contribution is 2.30. The van der Waals surface area contributed by atoms with Crippen LogP contribution in [0.3, 0.4) is 0 Å². The van der Waals surface area contributed by atoms with Crippen molar-refractivity contribution in [3.8, 4) is 0 Å². The van der Waals surface area contributed by atoms with Gasteiger partial charge in [-0.05, 0) is 42.8 Å². The van der Waals surface area contributed by atoms with Gasteiger partial charge in [0.25, 0.3) is 10.0 Å². The molecule has 0 bridgehead atoms. The Hall–Kier alpha value is -1.57. The van der Waals surface area contributed by atoms with E-state index in [2.05, 4.69) is 20.9 Å². The van der Waals surface area contributed by atoms with Crippen molar-refractivity contribution in [2.24, 2.45) is 0 Å². The van der Waals surface area contributed by atoms with Gasteiger partial charge in [-0.1, -0.05) is 33.6 Å². The summed E-state index contributed by atoms with van der Waals surface area (Å²) in [6.07, 6.45) is 1.63. The van der Waals surface area contributed by atoms with Crippen LogP contribution < -0.4 is 4.31 Å². The molecule has 0 spiro atoms. The highest BCUT2D eigenvalue weighted by Gasteiger charge is 2.29. The fourth-order valence-electron chi connectivity index (χ4n) is 2.27. The first-order valence-corrected chi connectivity index (χ1v) is 9.31. The molecule has 3 rings (SSSR count). The van der Waals surface area contributed by atoms with Gasteiger partial charge in [-0.2, -0.15) is 8.42 Å². The van der Waals surface area contributed by atoms with Gasteiger partial charge >= 0.3 is 0 Å². The number of sulfonamides is 1. The quantitative estimate of drug-likeness (QED) is 0.653. The van der Waals surface area contributed by atoms with E-state index >= 15 is 0 Å². The van der Waals surface area contributed by atoms with E-state index in [1.807, 2.05) is 13.0 Å². The summed E-state index contributed by atoms with van der Waals surface area (Å²) in [6, 6.07) is 10.5. The summed E-state index contributed by atoms with van der Waals surface area (Å²) in [5, 5.41) is -0.0882. The molecule has 0 unspecified atom stereocenters. The summed E-state index contributed by atoms with van der Waals surface area (Å²) < 4.78 is 29.6. The third kappa shape index (κ3) is 2.73. The molecule has 0 fully saturated rings. The average molecular weight is 415 g/mol. The van der Waals surface area contributed by atoms with Crippen molar-refractivity contribution in [2.75, 3.05) is 11.4 Å². The topological polar surface area (TPSA) is 54.7 Å². The number of aromatic nitrogens is 2. The Labute approximate surface area is 147 Å². The molecule has 1 aromatic carbocycles. The predicted molar refractivity (Wildman–Crippen MR) is 94.7 cm³/mol. The van der Waals surface area contributed by atoms with Crippen LogP contribution in [0.2, 0.25) is 5.15 Å². The lowest BCUT2D eigenvalue weighted by Crippen LogP contribution is -2.28. The molecule has 3 aromatic rings. The number of hydrogen-bond donors (Lipinski definition) is 0. The average Bonchev–Trinajstić information content (AvgIpc) is 2.85. The minimum absolute atomic E-state index is 0.0437. The van der Waals surface area contributed by atoms with Crippen molar-refractivity contribution in [2.45, 2.75) is 11.9 Å². The number of nitrogens with zero attached hydrogens (tertiary/aromatic N) is 3. The molecule has 0 saturated carbocycles. The Morgan fingerprint density at radius 3 is 2.70 bits per heavy atom. The van der Waals surface area contributed by atoms with Gasteiger partial charge in [0.1, 0.15) is 5.65 Å². The van der Waals surface area contributed by atoms with Crippen LogP contribution in [0.5, 0.6) is 0 Å². The lowest BCUT2D eigenvalue weighted by molar-refractivity contribution is 0.589. The first-order chi connectivity index (χ1) is 10.8. The maximum absolute atomic E-state index is 13.0. The molecule has 120 valence electrons. The lowest BCUT2D eigenvalue weighted by Gasteiger charge is -2.20. The van der Waals surface area contributed by atoms with E-state index in [-0.39, 0.29) is 10.2 Å². The fraction of sp³-hybridized carbons (Fsp3) is 0.133. The molecule has 0 atom stereocenters. The summed E-state index contributed by atoms with van der Waals surface area (Å²) in [4.78, 5) is 4.10. The van der Waals surface area contributed by atoms with E-state index in [9.17, 15) is 8.42 Å². The minimum Gasteiger partial charge on any atom is -0.288 e. The van der Waals surface area contributed by atoms with Gasteiger partial charge in [0, 0.05) is 17.7 Å². The van der Waals surface area contributed by atoms with Gasteiger partial charge in [0.05, 0.1) is 5.69 Å². The number of fused-ring (bicyclic) bond motifs is 1. The molecule has 23 heavy (non-hydrogen) atoms. The second-order valence-corrected chi connectivity index (χ2v) is 8.14. The van der Waals surface area contributed by atoms with Gasteiger partial charge in [-0.15, -0.1) is 0 Å². The Balaban J connectivity index is 2.16. The van der Waals surface area contributed by atoms with Gasteiger partial charge in [0.15, 0.2) is 10.2 Å². The third-order valence-electron chi connectivity index (χ3n) is 3.56. The highest BCUT2D eigenvalue weighted by molar-refractivity contribution is 9.10. The molecule has 0 N–H and O–H groups in total. The normalized spacial score (nSPS) is 11.8. The first kappa shape index (κ1) is 16.3. The Kier molecular flexibility index (Phi) is 4.12. The molecule has 0 aliphatic heterocycles. The van der Waals surface area contributed by atoms with Crippen LogP contribution in [-0.2, 0) is 10.0 Å². The number of anilines is 1. The zero-order valence-corrected chi connectivity index (χ0v) is 15.5. The monoisotopic (exact) mass is 413 g/mol. The SMILES string of the molecule is Cc1cc(N(C)S(=O)(=O)c2c(Cl)nc3ccccn23)ccc1Br. The molecule has 0 saturated heterocycles. The van der Waals surface area contributed by atoms with Gasteiger partial charge in [-0.3, -0.25) is 8.71 Å². The molecule has 0 aliphatic rings. The molecular formula is C15H13BrClN3O2S. The number of hydrogen-bond acceptors (Lipinski definition) is 3. The summed E-state index contributed by atoms with van der Waals surface area (Å²) in [5.41, 5.74) is 1.97. The van der Waals surface area contributed by atoms with Crippen molar-refractivity contribution in [1.82, 2.24) is 9.38 Å². The Morgan fingerprint density at radius 1 is 1.26 bits per heavy atom. The maximum atomic E-state index is 13.0. The summed E-state index contributed by atoms with van der Waals surface area (Å²) in [5.74, 6) is 0. The molecule has 8 heteroatoms. The minimum atomic E-state index is -3.85. The number of aryl methyl sites for hydroxylation is 1. The predicted octanol–water partition coefficient (Wildman–Crippen LogP) is 3.88. The molecular weight excluding hydrogens is 402 g/mol. The first-order valence-electron chi connectivity index (χ1n) is 6.70. The molecule has 5 nitrogen and oxygen atoms in total. The van der Waals surface area contributed by atoms with Crippen LogP contribution >= 0.6 is 27.5 Å². The van der Waals surface area contributed by atoms with Crippen molar-refractivity contribution >= 4 is 48.9 Å². The van der Waals surface area contributed by atoms with Crippen LogP contribution in [0.4, 0.5) is 5.69 Å². The molecule has 2 heterocycles. The largest absolute Gasteiger partial charge is 0.288 e. The van der Waals surface area contributed by atoms with E-state index in [0.717, 1.165) is 10.0 Å². The second kappa shape index (κ2) is 5.81. The number of imidazole rings is 1. The molecule has 0 amide bonds. The number of pyridine rings is 1. The van der Waals surface area contributed by atoms with Crippen LogP contribution in [0, 0.1) is 6.92 Å². The number of benzene rings is 1.